The highest BCUT2D eigenvalue weighted by Crippen LogP contribution is 2.44. The predicted molar refractivity (Wildman–Crippen MR) is 145 cm³/mol. The van der Waals surface area contributed by atoms with E-state index in [2.05, 4.69) is 34.9 Å². The van der Waals surface area contributed by atoms with E-state index in [1.54, 1.807) is 0 Å². The zero-order chi connectivity index (χ0) is 26.9. The van der Waals surface area contributed by atoms with E-state index in [9.17, 15) is 19.5 Å². The molecule has 1 aliphatic carbocycles. The summed E-state index contributed by atoms with van der Waals surface area (Å²) in [6.07, 6.45) is -0.0869. The number of ether oxygens (including phenoxy) is 1. The summed E-state index contributed by atoms with van der Waals surface area (Å²) in [7, 11) is 1.81. The van der Waals surface area contributed by atoms with Crippen LogP contribution >= 0.6 is 0 Å². The highest BCUT2D eigenvalue weighted by molar-refractivity contribution is 5.83. The molecular weight excluding hydrogens is 482 g/mol. The smallest absolute Gasteiger partial charge is 0.407 e. The van der Waals surface area contributed by atoms with E-state index in [1.807, 2.05) is 66.5 Å². The zero-order valence-corrected chi connectivity index (χ0v) is 21.4. The molecule has 0 heterocycles. The Morgan fingerprint density at radius 1 is 0.921 bits per heavy atom. The van der Waals surface area contributed by atoms with Gasteiger partial charge in [-0.15, -0.1) is 0 Å². The van der Waals surface area contributed by atoms with Gasteiger partial charge >= 0.3 is 12.1 Å². The van der Waals surface area contributed by atoms with Crippen molar-refractivity contribution in [3.05, 3.63) is 95.6 Å². The number of rotatable bonds is 12. The van der Waals surface area contributed by atoms with Crippen molar-refractivity contribution >= 4 is 18.0 Å². The van der Waals surface area contributed by atoms with Gasteiger partial charge in [0.2, 0.25) is 5.91 Å². The van der Waals surface area contributed by atoms with Gasteiger partial charge in [0.25, 0.3) is 0 Å². The van der Waals surface area contributed by atoms with Crippen LogP contribution in [0, 0.1) is 0 Å². The summed E-state index contributed by atoms with van der Waals surface area (Å²) in [5.74, 6) is -1.48. The number of aliphatic carboxylic acids is 1. The number of alkyl carbamates (subject to hydrolysis) is 1. The number of benzene rings is 3. The van der Waals surface area contributed by atoms with Crippen LogP contribution in [-0.4, -0.2) is 60.8 Å². The summed E-state index contributed by atoms with van der Waals surface area (Å²) in [5, 5.41) is 14.8. The summed E-state index contributed by atoms with van der Waals surface area (Å²) >= 11 is 0. The molecule has 0 bridgehead atoms. The van der Waals surface area contributed by atoms with Crippen molar-refractivity contribution in [2.75, 3.05) is 26.7 Å². The van der Waals surface area contributed by atoms with Gasteiger partial charge in [-0.25, -0.2) is 9.59 Å². The topological polar surface area (TPSA) is 108 Å². The summed E-state index contributed by atoms with van der Waals surface area (Å²) < 4.78 is 5.50. The first-order valence-electron chi connectivity index (χ1n) is 12.8. The molecule has 3 N–H and O–H groups in total. The van der Waals surface area contributed by atoms with E-state index in [4.69, 9.17) is 4.74 Å². The zero-order valence-electron chi connectivity index (χ0n) is 21.4. The van der Waals surface area contributed by atoms with Crippen LogP contribution in [0.5, 0.6) is 0 Å². The number of likely N-dealkylation sites (N-methyl/N-ethyl adjacent to an activating group) is 1. The molecule has 0 saturated carbocycles. The van der Waals surface area contributed by atoms with E-state index >= 15 is 0 Å². The molecule has 0 aliphatic heterocycles. The minimum Gasteiger partial charge on any atom is -0.480 e. The van der Waals surface area contributed by atoms with Crippen molar-refractivity contribution in [2.24, 2.45) is 0 Å². The fraction of sp³-hybridized carbons (Fsp3) is 0.300. The molecule has 1 aliphatic rings. The molecule has 3 aromatic carbocycles. The van der Waals surface area contributed by atoms with Crippen LogP contribution < -0.4 is 10.6 Å². The fourth-order valence-electron chi connectivity index (χ4n) is 4.81. The van der Waals surface area contributed by atoms with Gasteiger partial charge in [0.15, 0.2) is 0 Å². The summed E-state index contributed by atoms with van der Waals surface area (Å²) in [4.78, 5) is 38.1. The molecule has 3 aromatic rings. The van der Waals surface area contributed by atoms with E-state index in [0.29, 0.717) is 13.0 Å². The van der Waals surface area contributed by atoms with Crippen LogP contribution in [0.2, 0.25) is 0 Å². The normalized spacial score (nSPS) is 12.9. The minimum absolute atomic E-state index is 0.0214. The minimum atomic E-state index is -1.09. The highest BCUT2D eigenvalue weighted by atomic mass is 16.5. The standard InChI is InChI=1S/C30H33N3O5/c1-33(18-21-10-3-2-4-11-21)19-27(29(35)36)32-28(34)16-9-17-31-30(37)38-20-26-24-14-7-5-12-22(24)23-13-6-8-15-25(23)26/h2-8,10-15,26-27H,9,16-20H2,1H3,(H,31,37)(H,32,34)(H,35,36). The summed E-state index contributed by atoms with van der Waals surface area (Å²) in [6, 6.07) is 24.9. The second kappa shape index (κ2) is 12.9. The van der Waals surface area contributed by atoms with Crippen LogP contribution in [0.1, 0.15) is 35.4 Å². The number of hydrogen-bond donors (Lipinski definition) is 3. The molecule has 1 unspecified atom stereocenters. The van der Waals surface area contributed by atoms with Crippen LogP contribution in [0.4, 0.5) is 4.79 Å². The van der Waals surface area contributed by atoms with Gasteiger partial charge in [0.05, 0.1) is 0 Å². The second-order valence-corrected chi connectivity index (χ2v) is 9.50. The number of nitrogens with zero attached hydrogens (tertiary/aromatic N) is 1. The largest absolute Gasteiger partial charge is 0.480 e. The first-order valence-corrected chi connectivity index (χ1v) is 12.8. The highest BCUT2D eigenvalue weighted by Gasteiger charge is 2.29. The van der Waals surface area contributed by atoms with Crippen molar-refractivity contribution in [3.8, 4) is 11.1 Å². The molecule has 4 rings (SSSR count). The Morgan fingerprint density at radius 2 is 1.53 bits per heavy atom. The number of carbonyl (C=O) groups is 3. The van der Waals surface area contributed by atoms with Gasteiger partial charge in [-0.3, -0.25) is 9.69 Å². The van der Waals surface area contributed by atoms with E-state index in [1.165, 1.54) is 0 Å². The number of fused-ring (bicyclic) bond motifs is 3. The second-order valence-electron chi connectivity index (χ2n) is 9.50. The van der Waals surface area contributed by atoms with Crippen molar-refractivity contribution in [3.63, 3.8) is 0 Å². The number of carboxylic acids is 1. The van der Waals surface area contributed by atoms with Gasteiger partial charge in [-0.05, 0) is 41.3 Å². The van der Waals surface area contributed by atoms with Crippen molar-refractivity contribution in [1.82, 2.24) is 15.5 Å². The third kappa shape index (κ3) is 6.98. The Balaban J connectivity index is 1.17. The van der Waals surface area contributed by atoms with Gasteiger partial charge in [-0.2, -0.15) is 0 Å². The lowest BCUT2D eigenvalue weighted by Gasteiger charge is -2.22. The Kier molecular flexibility index (Phi) is 9.11. The summed E-state index contributed by atoms with van der Waals surface area (Å²) in [6.45, 7) is 1.21. The number of carboxylic acid groups (broad SMARTS) is 1. The van der Waals surface area contributed by atoms with Crippen molar-refractivity contribution < 1.29 is 24.2 Å². The summed E-state index contributed by atoms with van der Waals surface area (Å²) in [5.41, 5.74) is 5.66. The maximum absolute atomic E-state index is 12.3. The van der Waals surface area contributed by atoms with E-state index in [-0.39, 0.29) is 37.9 Å². The molecule has 0 fully saturated rings. The van der Waals surface area contributed by atoms with Crippen LogP contribution in [0.15, 0.2) is 78.9 Å². The predicted octanol–water partition coefficient (Wildman–Crippen LogP) is 4.01. The number of nitrogens with one attached hydrogen (secondary N) is 2. The number of hydrogen-bond acceptors (Lipinski definition) is 5. The molecule has 8 heteroatoms. The molecule has 0 radical (unpaired) electrons. The van der Waals surface area contributed by atoms with E-state index < -0.39 is 18.1 Å². The van der Waals surface area contributed by atoms with Gasteiger partial charge < -0.3 is 20.5 Å². The first kappa shape index (κ1) is 26.9. The molecule has 2 amide bonds. The molecule has 0 aromatic heterocycles. The average molecular weight is 516 g/mol. The molecule has 0 saturated heterocycles. The van der Waals surface area contributed by atoms with E-state index in [0.717, 1.165) is 27.8 Å². The van der Waals surface area contributed by atoms with Crippen LogP contribution in [0.3, 0.4) is 0 Å². The van der Waals surface area contributed by atoms with Crippen LogP contribution in [0.25, 0.3) is 11.1 Å². The molecule has 198 valence electrons. The molecule has 38 heavy (non-hydrogen) atoms. The fourth-order valence-corrected chi connectivity index (χ4v) is 4.81. The maximum atomic E-state index is 12.3. The van der Waals surface area contributed by atoms with Gasteiger partial charge in [-0.1, -0.05) is 78.9 Å². The quantitative estimate of drug-likeness (QED) is 0.315. The maximum Gasteiger partial charge on any atom is 0.407 e. The lowest BCUT2D eigenvalue weighted by molar-refractivity contribution is -0.142. The Morgan fingerprint density at radius 3 is 2.16 bits per heavy atom. The third-order valence-corrected chi connectivity index (χ3v) is 6.62. The SMILES string of the molecule is CN(Cc1ccccc1)CC(NC(=O)CCCNC(=O)OCC1c2ccccc2-c2ccccc21)C(=O)O. The molecule has 8 nitrogen and oxygen atoms in total. The van der Waals surface area contributed by atoms with Crippen molar-refractivity contribution in [1.29, 1.82) is 0 Å². The Bertz CT molecular complexity index is 1220. The molecule has 1 atom stereocenters. The van der Waals surface area contributed by atoms with Crippen LogP contribution in [-0.2, 0) is 20.9 Å². The number of amides is 2. The Hall–Kier alpha value is -4.17. The lowest BCUT2D eigenvalue weighted by Crippen LogP contribution is -2.47. The molecule has 0 spiro atoms. The monoisotopic (exact) mass is 515 g/mol. The number of carbonyl (C=O) groups excluding carboxylic acids is 2. The first-order chi connectivity index (χ1) is 18.4. The average Bonchev–Trinajstić information content (AvgIpc) is 3.23. The Labute approximate surface area is 222 Å². The van der Waals surface area contributed by atoms with Crippen molar-refractivity contribution in [2.45, 2.75) is 31.3 Å². The van der Waals surface area contributed by atoms with Gasteiger partial charge in [0.1, 0.15) is 12.6 Å². The van der Waals surface area contributed by atoms with Gasteiger partial charge in [0, 0.05) is 32.0 Å². The lowest BCUT2D eigenvalue weighted by atomic mass is 9.98. The third-order valence-electron chi connectivity index (χ3n) is 6.62. The molecular formula is C30H33N3O5.